The summed E-state index contributed by atoms with van der Waals surface area (Å²) < 4.78 is 13.3. The number of hydrogen-bond acceptors (Lipinski definition) is 9. The maximum atomic E-state index is 11.6. The lowest BCUT2D eigenvalue weighted by Crippen LogP contribution is -2.37. The van der Waals surface area contributed by atoms with Crippen LogP contribution in [0.5, 0.6) is 0 Å². The zero-order chi connectivity index (χ0) is 23.7. The molecule has 0 radical (unpaired) electrons. The first-order chi connectivity index (χ1) is 16.5. The molecule has 1 aliphatic heterocycles. The number of hydrogen-bond donors (Lipinski definition) is 4. The van der Waals surface area contributed by atoms with Crippen LogP contribution in [0, 0.1) is 0 Å². The maximum absolute atomic E-state index is 11.6. The number of anilines is 1. The van der Waals surface area contributed by atoms with Crippen molar-refractivity contribution in [3.63, 3.8) is 0 Å². The number of benzene rings is 2. The van der Waals surface area contributed by atoms with Crippen molar-refractivity contribution in [1.29, 1.82) is 0 Å². The van der Waals surface area contributed by atoms with Crippen LogP contribution in [0.2, 0.25) is 0 Å². The summed E-state index contributed by atoms with van der Waals surface area (Å²) in [6, 6.07) is 18.4. The number of nitrogens with zero attached hydrogens (tertiary/aromatic N) is 4. The van der Waals surface area contributed by atoms with Gasteiger partial charge in [-0.3, -0.25) is 4.57 Å². The van der Waals surface area contributed by atoms with Crippen molar-refractivity contribution in [3.8, 4) is 0 Å². The third-order valence-electron chi connectivity index (χ3n) is 6.09. The zero-order valence-electron chi connectivity index (χ0n) is 18.2. The molecule has 10 heteroatoms. The molecule has 5 rings (SSSR count). The molecule has 2 aromatic carbocycles. The fourth-order valence-corrected chi connectivity index (χ4v) is 4.24. The maximum Gasteiger partial charge on any atom is 0.167 e. The summed E-state index contributed by atoms with van der Waals surface area (Å²) in [4.78, 5) is 12.3. The summed E-state index contributed by atoms with van der Waals surface area (Å²) in [5.74, 6) is 0.206. The molecule has 1 fully saturated rings. The van der Waals surface area contributed by atoms with Crippen molar-refractivity contribution in [2.75, 3.05) is 18.9 Å². The fraction of sp³-hybridized carbons (Fsp3) is 0.292. The summed E-state index contributed by atoms with van der Waals surface area (Å²) >= 11 is 0. The highest BCUT2D eigenvalue weighted by molar-refractivity contribution is 5.81. The molecule has 0 amide bonds. The van der Waals surface area contributed by atoms with Crippen molar-refractivity contribution in [1.82, 2.24) is 19.5 Å². The number of rotatable bonds is 7. The van der Waals surface area contributed by atoms with Crippen LogP contribution in [-0.2, 0) is 15.1 Å². The van der Waals surface area contributed by atoms with E-state index in [2.05, 4.69) is 15.0 Å². The van der Waals surface area contributed by atoms with Gasteiger partial charge in [-0.2, -0.15) is 0 Å². The summed E-state index contributed by atoms with van der Waals surface area (Å²) in [6.45, 7) is -0.132. The monoisotopic (exact) mass is 463 g/mol. The van der Waals surface area contributed by atoms with Crippen LogP contribution in [0.25, 0.3) is 11.2 Å². The van der Waals surface area contributed by atoms with Gasteiger partial charge in [-0.15, -0.1) is 0 Å². The van der Waals surface area contributed by atoms with E-state index in [9.17, 15) is 15.3 Å². The quantitative estimate of drug-likeness (QED) is 0.315. The van der Waals surface area contributed by atoms with E-state index in [1.165, 1.54) is 17.2 Å². The molecule has 5 N–H and O–H groups in total. The minimum Gasteiger partial charge on any atom is -0.387 e. The molecule has 10 nitrogen and oxygen atoms in total. The fourth-order valence-electron chi connectivity index (χ4n) is 4.24. The number of aliphatic hydroxyl groups is 3. The minimum absolute atomic E-state index is 0.0551. The molecular weight excluding hydrogens is 438 g/mol. The highest BCUT2D eigenvalue weighted by Crippen LogP contribution is 2.33. The average Bonchev–Trinajstić information content (AvgIpc) is 3.42. The van der Waals surface area contributed by atoms with Crippen molar-refractivity contribution in [3.05, 3.63) is 84.4 Å². The Morgan fingerprint density at radius 2 is 1.59 bits per heavy atom. The molecule has 1 saturated heterocycles. The van der Waals surface area contributed by atoms with Crippen molar-refractivity contribution < 1.29 is 24.8 Å². The summed E-state index contributed by atoms with van der Waals surface area (Å²) in [5.41, 5.74) is 6.54. The van der Waals surface area contributed by atoms with Crippen molar-refractivity contribution in [2.24, 2.45) is 0 Å². The molecule has 3 heterocycles. The van der Waals surface area contributed by atoms with Crippen LogP contribution in [0.15, 0.2) is 73.3 Å². The number of ether oxygens (including phenoxy) is 2. The van der Waals surface area contributed by atoms with Gasteiger partial charge in [0.05, 0.1) is 19.5 Å². The Hall–Kier alpha value is -3.41. The molecular formula is C24H25N5O5. The van der Waals surface area contributed by atoms with E-state index in [0.29, 0.717) is 22.3 Å². The largest absolute Gasteiger partial charge is 0.387 e. The van der Waals surface area contributed by atoms with Gasteiger partial charge in [-0.1, -0.05) is 60.7 Å². The topological polar surface area (TPSA) is 149 Å². The molecule has 4 aromatic rings. The Labute approximate surface area is 195 Å². The van der Waals surface area contributed by atoms with E-state index >= 15 is 0 Å². The minimum atomic E-state index is -1.40. The molecule has 0 aliphatic carbocycles. The predicted octanol–water partition coefficient (Wildman–Crippen LogP) is 0.980. The number of nitrogens with two attached hydrogens (primary N) is 1. The summed E-state index contributed by atoms with van der Waals surface area (Å²) in [5, 5.41) is 32.8. The van der Waals surface area contributed by atoms with Gasteiger partial charge < -0.3 is 30.5 Å². The van der Waals surface area contributed by atoms with Gasteiger partial charge >= 0.3 is 0 Å². The van der Waals surface area contributed by atoms with E-state index in [4.69, 9.17) is 15.2 Å². The second-order valence-corrected chi connectivity index (χ2v) is 8.24. The third kappa shape index (κ3) is 3.91. The van der Waals surface area contributed by atoms with Gasteiger partial charge in [0, 0.05) is 0 Å². The Kier molecular flexibility index (Phi) is 5.98. The van der Waals surface area contributed by atoms with Gasteiger partial charge in [-0.25, -0.2) is 15.0 Å². The molecule has 34 heavy (non-hydrogen) atoms. The van der Waals surface area contributed by atoms with Gasteiger partial charge in [0.25, 0.3) is 0 Å². The van der Waals surface area contributed by atoms with Gasteiger partial charge in [-0.05, 0) is 11.1 Å². The smallest absolute Gasteiger partial charge is 0.167 e. The number of nitrogen functional groups attached to an aromatic ring is 1. The van der Waals surface area contributed by atoms with Crippen LogP contribution >= 0.6 is 0 Å². The first-order valence-electron chi connectivity index (χ1n) is 10.8. The number of aliphatic hydroxyl groups excluding tert-OH is 2. The Morgan fingerprint density at radius 3 is 2.24 bits per heavy atom. The van der Waals surface area contributed by atoms with E-state index in [-0.39, 0.29) is 19.0 Å². The van der Waals surface area contributed by atoms with Gasteiger partial charge in [0.15, 0.2) is 17.7 Å². The lowest BCUT2D eigenvalue weighted by Gasteiger charge is -2.30. The summed E-state index contributed by atoms with van der Waals surface area (Å²) in [7, 11) is 0. The lowest BCUT2D eigenvalue weighted by atomic mass is 9.87. The SMILES string of the molecule is Nc1ncnc2c1ncn2[C@@H]1O[C@H](COCC(O)(c2ccccc2)c2ccccc2)[C@@H](O)[C@H]1O. The molecule has 0 unspecified atom stereocenters. The standard InChI is InChI=1S/C24H25N5O5/c25-21-18-22(27-13-26-21)29(14-28-18)23-20(31)19(30)17(34-23)11-33-12-24(32,15-7-3-1-4-8-15)16-9-5-2-6-10-16/h1-10,13-14,17,19-20,23,30-32H,11-12H2,(H2,25,26,27)/t17-,19-,20-,23-/m1/s1. The average molecular weight is 463 g/mol. The second-order valence-electron chi connectivity index (χ2n) is 8.24. The highest BCUT2D eigenvalue weighted by Gasteiger charge is 2.45. The van der Waals surface area contributed by atoms with Crippen LogP contribution < -0.4 is 5.73 Å². The highest BCUT2D eigenvalue weighted by atomic mass is 16.6. The van der Waals surface area contributed by atoms with Crippen LogP contribution in [0.1, 0.15) is 17.4 Å². The van der Waals surface area contributed by atoms with Crippen molar-refractivity contribution in [2.45, 2.75) is 30.1 Å². The van der Waals surface area contributed by atoms with E-state index in [1.54, 1.807) is 0 Å². The van der Waals surface area contributed by atoms with E-state index in [0.717, 1.165) is 0 Å². The molecule has 1 aliphatic rings. The number of aromatic nitrogens is 4. The Bertz CT molecular complexity index is 1210. The first-order valence-corrected chi connectivity index (χ1v) is 10.8. The lowest BCUT2D eigenvalue weighted by molar-refractivity contribution is -0.0896. The molecule has 0 bridgehead atoms. The second kappa shape index (κ2) is 9.09. The molecule has 0 saturated carbocycles. The first kappa shape index (κ1) is 22.4. The van der Waals surface area contributed by atoms with Gasteiger partial charge in [0.1, 0.15) is 35.8 Å². The Morgan fingerprint density at radius 1 is 0.941 bits per heavy atom. The molecule has 4 atom stereocenters. The van der Waals surface area contributed by atoms with Crippen molar-refractivity contribution >= 4 is 17.0 Å². The van der Waals surface area contributed by atoms with E-state index in [1.807, 2.05) is 60.7 Å². The number of fused-ring (bicyclic) bond motifs is 1. The molecule has 2 aromatic heterocycles. The number of imidazole rings is 1. The van der Waals surface area contributed by atoms with Crippen LogP contribution in [-0.4, -0.2) is 66.4 Å². The predicted molar refractivity (Wildman–Crippen MR) is 122 cm³/mol. The van der Waals surface area contributed by atoms with E-state index < -0.39 is 30.1 Å². The normalized spacial score (nSPS) is 22.9. The van der Waals surface area contributed by atoms with Gasteiger partial charge in [0.2, 0.25) is 0 Å². The summed E-state index contributed by atoms with van der Waals surface area (Å²) in [6.07, 6.45) is -1.52. The van der Waals surface area contributed by atoms with Crippen LogP contribution in [0.4, 0.5) is 5.82 Å². The molecule has 0 spiro atoms. The Balaban J connectivity index is 1.32. The molecule has 176 valence electrons. The third-order valence-corrected chi connectivity index (χ3v) is 6.09. The zero-order valence-corrected chi connectivity index (χ0v) is 18.2. The van der Waals surface area contributed by atoms with Crippen LogP contribution in [0.3, 0.4) is 0 Å².